The summed E-state index contributed by atoms with van der Waals surface area (Å²) < 4.78 is 2.05. The summed E-state index contributed by atoms with van der Waals surface area (Å²) in [4.78, 5) is 0. The van der Waals surface area contributed by atoms with E-state index in [-0.39, 0.29) is 11.1 Å². The van der Waals surface area contributed by atoms with Crippen LogP contribution in [0, 0.1) is 0 Å². The van der Waals surface area contributed by atoms with Gasteiger partial charge in [-0.15, -0.1) is 0 Å². The van der Waals surface area contributed by atoms with Gasteiger partial charge in [0.05, 0.1) is 41.3 Å². The molecule has 0 spiro atoms. The quantitative estimate of drug-likeness (QED) is 0.801. The first-order valence-corrected chi connectivity index (χ1v) is 7.80. The molecular weight excluding hydrogens is 250 g/mol. The molecule has 0 atom stereocenters. The average molecular weight is 287 g/mol. The highest BCUT2D eigenvalue weighted by atomic mass is 16.5. The molecule has 120 valence electrons. The SMILES string of the molecule is CC1(C)CC([N+](C)(C)CC[N+](C)(C)C)CC(C)(C)N1O. The van der Waals surface area contributed by atoms with Crippen LogP contribution in [0.5, 0.6) is 0 Å². The molecule has 1 heterocycles. The molecule has 1 saturated heterocycles. The Hall–Kier alpha value is -0.160. The van der Waals surface area contributed by atoms with E-state index >= 15 is 0 Å². The molecule has 0 bridgehead atoms. The number of likely N-dealkylation sites (N-methyl/N-ethyl adjacent to an activating group) is 2. The van der Waals surface area contributed by atoms with Crippen molar-refractivity contribution >= 4 is 0 Å². The maximum Gasteiger partial charge on any atom is 0.128 e. The molecule has 1 N–H and O–H groups in total. The Morgan fingerprint density at radius 3 is 1.65 bits per heavy atom. The summed E-state index contributed by atoms with van der Waals surface area (Å²) in [5.41, 5.74) is -0.308. The molecule has 0 aromatic heterocycles. The summed E-state index contributed by atoms with van der Waals surface area (Å²) in [5, 5.41) is 12.0. The Kier molecular flexibility index (Phi) is 4.68. The largest absolute Gasteiger partial charge is 0.326 e. The van der Waals surface area contributed by atoms with Crippen molar-refractivity contribution in [3.63, 3.8) is 0 Å². The van der Waals surface area contributed by atoms with E-state index in [1.54, 1.807) is 5.06 Å². The van der Waals surface area contributed by atoms with Crippen LogP contribution < -0.4 is 0 Å². The third-order valence-corrected chi connectivity index (χ3v) is 4.95. The zero-order chi connectivity index (χ0) is 16.0. The molecule has 4 heteroatoms. The summed E-state index contributed by atoms with van der Waals surface area (Å²) in [6.07, 6.45) is 2.08. The second-order valence-electron chi connectivity index (χ2n) is 9.51. The minimum Gasteiger partial charge on any atom is -0.326 e. The predicted molar refractivity (Wildman–Crippen MR) is 84.7 cm³/mol. The Balaban J connectivity index is 2.85. The van der Waals surface area contributed by atoms with Gasteiger partial charge in [-0.1, -0.05) is 0 Å². The Morgan fingerprint density at radius 1 is 0.900 bits per heavy atom. The van der Waals surface area contributed by atoms with E-state index < -0.39 is 0 Å². The first kappa shape index (κ1) is 17.9. The third-order valence-electron chi connectivity index (χ3n) is 4.95. The van der Waals surface area contributed by atoms with Gasteiger partial charge in [-0.3, -0.25) is 0 Å². The molecule has 0 aromatic carbocycles. The molecule has 1 aliphatic heterocycles. The maximum atomic E-state index is 10.4. The molecule has 0 saturated carbocycles. The molecular formula is C16H37N3O+2. The molecule has 0 amide bonds. The second-order valence-corrected chi connectivity index (χ2v) is 9.51. The Bertz CT molecular complexity index is 324. The zero-order valence-electron chi connectivity index (χ0n) is 15.2. The number of hydroxylamine groups is 2. The molecule has 0 aliphatic carbocycles. The molecule has 1 aliphatic rings. The van der Waals surface area contributed by atoms with Gasteiger partial charge in [0.2, 0.25) is 0 Å². The first-order valence-electron chi connectivity index (χ1n) is 7.80. The topological polar surface area (TPSA) is 23.5 Å². The number of hydrogen-bond donors (Lipinski definition) is 1. The lowest BCUT2D eigenvalue weighted by molar-refractivity contribution is -0.954. The van der Waals surface area contributed by atoms with E-state index in [9.17, 15) is 5.21 Å². The summed E-state index contributed by atoms with van der Waals surface area (Å²) in [5.74, 6) is 0. The summed E-state index contributed by atoms with van der Waals surface area (Å²) >= 11 is 0. The number of rotatable bonds is 4. The molecule has 0 aromatic rings. The predicted octanol–water partition coefficient (Wildman–Crippen LogP) is 2.18. The van der Waals surface area contributed by atoms with Gasteiger partial charge in [0.15, 0.2) is 0 Å². The summed E-state index contributed by atoms with van der Waals surface area (Å²) in [7, 11) is 11.5. The summed E-state index contributed by atoms with van der Waals surface area (Å²) in [6, 6.07) is 0.593. The van der Waals surface area contributed by atoms with E-state index in [1.165, 1.54) is 13.1 Å². The van der Waals surface area contributed by atoms with E-state index in [0.29, 0.717) is 6.04 Å². The Morgan fingerprint density at radius 2 is 1.30 bits per heavy atom. The number of nitrogens with zero attached hydrogens (tertiary/aromatic N) is 3. The Labute approximate surface area is 126 Å². The van der Waals surface area contributed by atoms with Crippen molar-refractivity contribution in [2.75, 3.05) is 48.3 Å². The van der Waals surface area contributed by atoms with Crippen molar-refractivity contribution in [2.45, 2.75) is 57.7 Å². The van der Waals surface area contributed by atoms with Crippen molar-refractivity contribution in [1.82, 2.24) is 5.06 Å². The van der Waals surface area contributed by atoms with Crippen LogP contribution in [-0.2, 0) is 0 Å². The highest BCUT2D eigenvalue weighted by molar-refractivity contribution is 4.96. The molecule has 1 rings (SSSR count). The molecule has 4 nitrogen and oxygen atoms in total. The highest BCUT2D eigenvalue weighted by Gasteiger charge is 2.50. The van der Waals surface area contributed by atoms with Crippen LogP contribution in [-0.4, -0.2) is 84.7 Å². The van der Waals surface area contributed by atoms with Crippen LogP contribution in [0.4, 0.5) is 0 Å². The lowest BCUT2D eigenvalue weighted by atomic mass is 9.77. The smallest absolute Gasteiger partial charge is 0.128 e. The van der Waals surface area contributed by atoms with Crippen LogP contribution >= 0.6 is 0 Å². The van der Waals surface area contributed by atoms with Crippen molar-refractivity contribution in [2.24, 2.45) is 0 Å². The standard InChI is InChI=1S/C16H37N3O/c1-15(2)12-14(13-16(3,4)17(15)20)19(8,9)11-10-18(5,6)7/h14,20H,10-13H2,1-9H3/q+2. The van der Waals surface area contributed by atoms with Gasteiger partial charge in [0, 0.05) is 23.9 Å². The first-order chi connectivity index (χ1) is 8.67. The molecule has 0 radical (unpaired) electrons. The van der Waals surface area contributed by atoms with Gasteiger partial charge in [0.1, 0.15) is 13.1 Å². The molecule has 20 heavy (non-hydrogen) atoms. The van der Waals surface area contributed by atoms with Crippen molar-refractivity contribution in [3.8, 4) is 0 Å². The van der Waals surface area contributed by atoms with Gasteiger partial charge >= 0.3 is 0 Å². The fourth-order valence-electron chi connectivity index (χ4n) is 3.45. The van der Waals surface area contributed by atoms with Gasteiger partial charge in [-0.25, -0.2) is 0 Å². The van der Waals surface area contributed by atoms with Crippen LogP contribution in [0.15, 0.2) is 0 Å². The fourth-order valence-corrected chi connectivity index (χ4v) is 3.45. The number of quaternary nitrogens is 2. The van der Waals surface area contributed by atoms with E-state index in [0.717, 1.165) is 21.8 Å². The minimum atomic E-state index is -0.154. The van der Waals surface area contributed by atoms with Crippen LogP contribution in [0.2, 0.25) is 0 Å². The minimum absolute atomic E-state index is 0.154. The van der Waals surface area contributed by atoms with E-state index in [1.807, 2.05) is 0 Å². The van der Waals surface area contributed by atoms with E-state index in [4.69, 9.17) is 0 Å². The van der Waals surface area contributed by atoms with E-state index in [2.05, 4.69) is 62.9 Å². The van der Waals surface area contributed by atoms with Gasteiger partial charge in [0.25, 0.3) is 0 Å². The van der Waals surface area contributed by atoms with Crippen LogP contribution in [0.25, 0.3) is 0 Å². The average Bonchev–Trinajstić information content (AvgIpc) is 2.21. The second kappa shape index (κ2) is 5.24. The molecule has 1 fully saturated rings. The number of hydrogen-bond acceptors (Lipinski definition) is 2. The van der Waals surface area contributed by atoms with Crippen molar-refractivity contribution in [1.29, 1.82) is 0 Å². The monoisotopic (exact) mass is 287 g/mol. The third kappa shape index (κ3) is 4.17. The van der Waals surface area contributed by atoms with Crippen molar-refractivity contribution < 1.29 is 14.2 Å². The van der Waals surface area contributed by atoms with Crippen molar-refractivity contribution in [3.05, 3.63) is 0 Å². The van der Waals surface area contributed by atoms with Gasteiger partial charge < -0.3 is 14.2 Å². The zero-order valence-corrected chi connectivity index (χ0v) is 15.2. The van der Waals surface area contributed by atoms with Crippen LogP contribution in [0.3, 0.4) is 0 Å². The van der Waals surface area contributed by atoms with Gasteiger partial charge in [-0.05, 0) is 27.7 Å². The number of piperidine rings is 1. The highest BCUT2D eigenvalue weighted by Crippen LogP contribution is 2.39. The normalized spacial score (nSPS) is 24.9. The summed E-state index contributed by atoms with van der Waals surface area (Å²) in [6.45, 7) is 11.0. The van der Waals surface area contributed by atoms with Gasteiger partial charge in [-0.2, -0.15) is 5.06 Å². The lowest BCUT2D eigenvalue weighted by Crippen LogP contribution is -2.66. The van der Waals surface area contributed by atoms with Crippen LogP contribution in [0.1, 0.15) is 40.5 Å². The fraction of sp³-hybridized carbons (Fsp3) is 1.00. The molecule has 0 unspecified atom stereocenters. The lowest BCUT2D eigenvalue weighted by Gasteiger charge is -2.54. The maximum absolute atomic E-state index is 10.4.